The molecule has 0 aliphatic carbocycles. The molecule has 0 fully saturated rings. The minimum atomic E-state index is 0. The van der Waals surface area contributed by atoms with Crippen LogP contribution in [0, 0.1) is 30.6 Å². The van der Waals surface area contributed by atoms with Crippen molar-refractivity contribution >= 4 is 23.2 Å². The Bertz CT molecular complexity index is 2730. The predicted molar refractivity (Wildman–Crippen MR) is 273 cm³/mol. The summed E-state index contributed by atoms with van der Waals surface area (Å²) in [5, 5.41) is 1.59. The molecule has 0 saturated heterocycles. The van der Waals surface area contributed by atoms with Gasteiger partial charge in [-0.1, -0.05) is 59.6 Å². The van der Waals surface area contributed by atoms with Gasteiger partial charge in [0, 0.05) is 160 Å². The van der Waals surface area contributed by atoms with Crippen LogP contribution in [0.2, 0.25) is 10.0 Å². The van der Waals surface area contributed by atoms with Gasteiger partial charge in [0.05, 0.1) is 22.3 Å². The zero-order valence-electron chi connectivity index (χ0n) is 37.4. The van der Waals surface area contributed by atoms with E-state index >= 15 is 0 Å². The van der Waals surface area contributed by atoms with Crippen LogP contribution in [0.1, 0.15) is 73.6 Å². The Hall–Kier alpha value is -7.77. The Morgan fingerprint density at radius 2 is 0.551 bits per heavy atom. The zero-order chi connectivity index (χ0) is 46.5. The first-order valence-corrected chi connectivity index (χ1v) is 22.9. The fourth-order valence-electron chi connectivity index (χ4n) is 7.86. The first-order chi connectivity index (χ1) is 33.5. The van der Waals surface area contributed by atoms with Gasteiger partial charge < -0.3 is 24.9 Å². The third-order valence-corrected chi connectivity index (χ3v) is 11.5. The van der Waals surface area contributed by atoms with Crippen LogP contribution in [-0.4, -0.2) is 9.97 Å². The molecule has 0 radical (unpaired) electrons. The van der Waals surface area contributed by atoms with Gasteiger partial charge in [-0.25, -0.2) is 4.98 Å². The second-order valence-corrected chi connectivity index (χ2v) is 16.5. The van der Waals surface area contributed by atoms with E-state index in [1.54, 1.807) is 12.4 Å². The molecule has 11 aromatic rings. The monoisotopic (exact) mass is 974 g/mol. The number of hydrogen-bond donors (Lipinski definition) is 1. The number of hydrogen-bond acceptors (Lipinski definition) is 1. The molecule has 9 heteroatoms. The molecule has 6 nitrogen and oxygen atoms in total. The summed E-state index contributed by atoms with van der Waals surface area (Å²) in [6.45, 7) is 1.92. The number of nitrogens with zero attached hydrogens (tertiary/aromatic N) is 5. The first kappa shape index (κ1) is 47.7. The minimum Gasteiger partial charge on any atom is -0.628 e. The van der Waals surface area contributed by atoms with E-state index < -0.39 is 0 Å². The van der Waals surface area contributed by atoms with Crippen LogP contribution in [-0.2, 0) is 17.1 Å². The van der Waals surface area contributed by atoms with Gasteiger partial charge in [-0.05, 0) is 150 Å². The largest absolute Gasteiger partial charge is 0.628 e. The van der Waals surface area contributed by atoms with E-state index in [0.717, 1.165) is 107 Å². The summed E-state index contributed by atoms with van der Waals surface area (Å²) in [5.74, 6) is 4.88. The van der Waals surface area contributed by atoms with E-state index in [0.29, 0.717) is 0 Å². The Morgan fingerprint density at radius 1 is 0.333 bits per heavy atom. The molecule has 5 aromatic heterocycles. The molecule has 1 aliphatic heterocycles. The van der Waals surface area contributed by atoms with Crippen molar-refractivity contribution in [1.82, 2.24) is 29.9 Å². The van der Waals surface area contributed by atoms with Gasteiger partial charge in [0.2, 0.25) is 0 Å². The van der Waals surface area contributed by atoms with E-state index in [-0.39, 0.29) is 17.1 Å². The number of rotatable bonds is 4. The Labute approximate surface area is 424 Å². The van der Waals surface area contributed by atoms with E-state index in [1.807, 2.05) is 91.9 Å². The molecule has 336 valence electrons. The van der Waals surface area contributed by atoms with Gasteiger partial charge in [0.25, 0.3) is 0 Å². The molecule has 1 aliphatic rings. The van der Waals surface area contributed by atoms with Crippen molar-refractivity contribution in [2.24, 2.45) is 0 Å². The average molecular weight is 976 g/mol. The van der Waals surface area contributed by atoms with Crippen molar-refractivity contribution in [1.29, 1.82) is 0 Å². The topological polar surface area (TPSA) is 85.1 Å². The number of nitrogens with one attached hydrogen (secondary N) is 1. The predicted octanol–water partition coefficient (Wildman–Crippen LogP) is 13.3. The van der Waals surface area contributed by atoms with Crippen molar-refractivity contribution < 1.29 is 17.1 Å². The average Bonchev–Trinajstić information content (AvgIpc) is 4.27. The number of halogens is 2. The van der Waals surface area contributed by atoms with Crippen molar-refractivity contribution in [3.63, 3.8) is 0 Å². The fraction of sp³-hybridized carbons (Fsp3) is 0.0167. The smallest absolute Gasteiger partial charge is 0.102 e. The van der Waals surface area contributed by atoms with E-state index in [1.165, 1.54) is 0 Å². The summed E-state index contributed by atoms with van der Waals surface area (Å²) in [6.07, 6.45) is 3.53. The van der Waals surface area contributed by atoms with E-state index in [4.69, 9.17) is 43.1 Å². The molecular weight excluding hydrogens is 931 g/mol. The first-order valence-electron chi connectivity index (χ1n) is 22.1. The normalized spacial score (nSPS) is 11.5. The molecule has 0 atom stereocenters. The third-order valence-electron chi connectivity index (χ3n) is 11.0. The summed E-state index contributed by atoms with van der Waals surface area (Å²) < 4.78 is 0. The molecule has 6 aromatic carbocycles. The summed E-state index contributed by atoms with van der Waals surface area (Å²) in [7, 11) is 0. The maximum Gasteiger partial charge on any atom is 0.102 e. The molecule has 1 N–H and O–H groups in total. The number of fused-ring (bicyclic) bond motifs is 8. The summed E-state index contributed by atoms with van der Waals surface area (Å²) in [6, 6.07) is 77.3. The van der Waals surface area contributed by atoms with Crippen LogP contribution in [0.3, 0.4) is 0 Å². The van der Waals surface area contributed by atoms with Gasteiger partial charge in [0.15, 0.2) is 0 Å². The van der Waals surface area contributed by atoms with Gasteiger partial charge in [-0.15, -0.1) is 0 Å². The third kappa shape index (κ3) is 11.9. The van der Waals surface area contributed by atoms with Crippen molar-refractivity contribution in [2.75, 3.05) is 0 Å². The number of benzene rings is 6. The molecule has 0 unspecified atom stereocenters. The Kier molecular flexibility index (Phi) is 16.1. The molecule has 0 saturated carbocycles. The SMILES string of the molecule is Cc1ncc[nH]1.Clc1ccccc1.Clc1ccccc1.[Fe].c1ccc([C+]2c3ccc([n-]3)[C+](c3ccccc3)c3ccc([n-]3)[C+](c3ccccc3)c3ccc([n-]3)[C+](c3ccccc3)c3ccc2[n-]3)cc1. The van der Waals surface area contributed by atoms with Crippen LogP contribution < -0.4 is 19.9 Å². The molecular formula is C60H44Cl2FeN6. The molecule has 0 amide bonds. The maximum atomic E-state index is 5.54. The number of imidazole rings is 1. The molecule has 12 rings (SSSR count). The second-order valence-electron chi connectivity index (χ2n) is 15.6. The summed E-state index contributed by atoms with van der Waals surface area (Å²) in [5.41, 5.74) is 11.1. The standard InChI is InChI=1S/C44H28N4.2C6H5Cl.C4H6N2.Fe/c1-5-13-29(14-6-1)41-33-21-23-35(45-33)42(30-15-7-2-8-16-30)37-25-27-39(47-37)44(32-19-11-4-12-20-32)40-28-26-38(48-40)43(31-17-9-3-10-18-31)36-24-22-34(41)46-36;2*7-6-4-2-1-3-5-6;1-4-5-2-3-6-4;/h1-28H;2*1-5H;2-3H,1H3,(H,5,6);. The van der Waals surface area contributed by atoms with E-state index in [9.17, 15) is 0 Å². The second kappa shape index (κ2) is 23.3. The van der Waals surface area contributed by atoms with Crippen molar-refractivity contribution in [3.8, 4) is 0 Å². The van der Waals surface area contributed by atoms with Crippen molar-refractivity contribution in [2.45, 2.75) is 6.92 Å². The van der Waals surface area contributed by atoms with Gasteiger partial charge in [-0.2, -0.15) is 0 Å². The van der Waals surface area contributed by atoms with Gasteiger partial charge in [0.1, 0.15) is 5.82 Å². The summed E-state index contributed by atoms with van der Waals surface area (Å²) >= 11 is 11.1. The van der Waals surface area contributed by atoms with Crippen LogP contribution in [0.4, 0.5) is 0 Å². The van der Waals surface area contributed by atoms with E-state index in [2.05, 4.69) is 156 Å². The Balaban J connectivity index is 0.000000252. The molecule has 0 spiro atoms. The fourth-order valence-corrected chi connectivity index (χ4v) is 8.15. The van der Waals surface area contributed by atoms with Gasteiger partial charge in [-0.3, -0.25) is 0 Å². The molecule has 8 bridgehead atoms. The maximum absolute atomic E-state index is 5.54. The van der Waals surface area contributed by atoms with Crippen LogP contribution >= 0.6 is 23.2 Å². The zero-order valence-corrected chi connectivity index (χ0v) is 40.1. The quantitative estimate of drug-likeness (QED) is 0.140. The Morgan fingerprint density at radius 3 is 0.696 bits per heavy atom. The van der Waals surface area contributed by atoms with Crippen LogP contribution in [0.15, 0.2) is 243 Å². The molecule has 6 heterocycles. The number of aryl methyl sites for hydroxylation is 1. The number of H-pyrrole nitrogens is 1. The summed E-state index contributed by atoms with van der Waals surface area (Å²) in [4.78, 5) is 28.0. The number of aromatic nitrogens is 6. The van der Waals surface area contributed by atoms with Gasteiger partial charge >= 0.3 is 0 Å². The molecule has 69 heavy (non-hydrogen) atoms. The van der Waals surface area contributed by atoms with Crippen molar-refractivity contribution in [3.05, 3.63) is 350 Å². The number of aromatic amines is 1. The minimum absolute atomic E-state index is 0. The van der Waals surface area contributed by atoms with Crippen LogP contribution in [0.5, 0.6) is 0 Å². The van der Waals surface area contributed by atoms with Crippen LogP contribution in [0.25, 0.3) is 0 Å².